The highest BCUT2D eigenvalue weighted by atomic mass is 16.5. The summed E-state index contributed by atoms with van der Waals surface area (Å²) in [7, 11) is 0. The van der Waals surface area contributed by atoms with Crippen molar-refractivity contribution in [1.29, 1.82) is 0 Å². The van der Waals surface area contributed by atoms with Crippen LogP contribution in [-0.4, -0.2) is 12.6 Å². The van der Waals surface area contributed by atoms with E-state index in [1.54, 1.807) is 19.1 Å². The molecule has 0 radical (unpaired) electrons. The van der Waals surface area contributed by atoms with Crippen molar-refractivity contribution >= 4 is 11.7 Å². The number of hydrogen-bond donors (Lipinski definition) is 1. The predicted molar refractivity (Wildman–Crippen MR) is 63.5 cm³/mol. The lowest BCUT2D eigenvalue weighted by molar-refractivity contribution is -0.137. The van der Waals surface area contributed by atoms with E-state index in [-0.39, 0.29) is 5.97 Å². The fraction of sp³-hybridized carbons (Fsp3) is 0.154. The van der Waals surface area contributed by atoms with E-state index in [0.717, 1.165) is 5.56 Å². The van der Waals surface area contributed by atoms with Gasteiger partial charge in [-0.25, -0.2) is 4.79 Å². The average Bonchev–Trinajstić information content (AvgIpc) is 2.25. The van der Waals surface area contributed by atoms with E-state index >= 15 is 0 Å². The van der Waals surface area contributed by atoms with Crippen LogP contribution in [0.3, 0.4) is 0 Å². The average molecular weight is 215 g/mol. The maximum atomic E-state index is 10.9. The SMILES string of the molecule is CCOC(=O)/C=C/C#Cc1cccc(N)c1. The Balaban J connectivity index is 2.59. The van der Waals surface area contributed by atoms with Crippen LogP contribution in [0.4, 0.5) is 5.69 Å². The van der Waals surface area contributed by atoms with Crippen LogP contribution in [0, 0.1) is 11.8 Å². The highest BCUT2D eigenvalue weighted by molar-refractivity contribution is 5.82. The molecule has 3 heteroatoms. The lowest BCUT2D eigenvalue weighted by Gasteiger charge is -1.92. The molecular formula is C13H13NO2. The maximum Gasteiger partial charge on any atom is 0.331 e. The molecule has 82 valence electrons. The van der Waals surface area contributed by atoms with Crippen molar-refractivity contribution in [3.63, 3.8) is 0 Å². The Labute approximate surface area is 94.9 Å². The van der Waals surface area contributed by atoms with E-state index in [9.17, 15) is 4.79 Å². The number of allylic oxidation sites excluding steroid dienone is 1. The van der Waals surface area contributed by atoms with Crippen LogP contribution in [-0.2, 0) is 9.53 Å². The molecule has 3 nitrogen and oxygen atoms in total. The lowest BCUT2D eigenvalue weighted by atomic mass is 10.2. The summed E-state index contributed by atoms with van der Waals surface area (Å²) >= 11 is 0. The summed E-state index contributed by atoms with van der Waals surface area (Å²) in [5, 5.41) is 0. The summed E-state index contributed by atoms with van der Waals surface area (Å²) in [6, 6.07) is 7.24. The van der Waals surface area contributed by atoms with Crippen molar-refractivity contribution in [2.75, 3.05) is 12.3 Å². The number of hydrogen-bond acceptors (Lipinski definition) is 3. The number of nitrogen functional groups attached to an aromatic ring is 1. The Morgan fingerprint density at radius 2 is 2.38 bits per heavy atom. The Hall–Kier alpha value is -2.21. The molecule has 0 unspecified atom stereocenters. The molecule has 0 fully saturated rings. The van der Waals surface area contributed by atoms with Gasteiger partial charge in [0.1, 0.15) is 0 Å². The van der Waals surface area contributed by atoms with E-state index in [4.69, 9.17) is 10.5 Å². The Kier molecular flexibility index (Phi) is 4.68. The van der Waals surface area contributed by atoms with Gasteiger partial charge < -0.3 is 10.5 Å². The number of carbonyl (C=O) groups is 1. The van der Waals surface area contributed by atoms with Crippen LogP contribution >= 0.6 is 0 Å². The van der Waals surface area contributed by atoms with Crippen LogP contribution in [0.2, 0.25) is 0 Å². The van der Waals surface area contributed by atoms with Crippen LogP contribution in [0.5, 0.6) is 0 Å². The number of rotatable bonds is 2. The second-order valence-electron chi connectivity index (χ2n) is 2.98. The first-order valence-corrected chi connectivity index (χ1v) is 4.92. The largest absolute Gasteiger partial charge is 0.463 e. The molecule has 0 saturated carbocycles. The molecule has 0 aromatic heterocycles. The Morgan fingerprint density at radius 3 is 3.06 bits per heavy atom. The van der Waals surface area contributed by atoms with Gasteiger partial charge in [0, 0.05) is 17.3 Å². The number of anilines is 1. The van der Waals surface area contributed by atoms with Crippen molar-refractivity contribution in [1.82, 2.24) is 0 Å². The third kappa shape index (κ3) is 4.34. The molecule has 0 aliphatic rings. The zero-order chi connectivity index (χ0) is 11.8. The first-order valence-electron chi connectivity index (χ1n) is 4.92. The monoisotopic (exact) mass is 215 g/mol. The summed E-state index contributed by atoms with van der Waals surface area (Å²) < 4.78 is 4.70. The number of benzene rings is 1. The van der Waals surface area contributed by atoms with E-state index in [2.05, 4.69) is 11.8 Å². The smallest absolute Gasteiger partial charge is 0.331 e. The van der Waals surface area contributed by atoms with Crippen molar-refractivity contribution in [2.24, 2.45) is 0 Å². The van der Waals surface area contributed by atoms with Gasteiger partial charge in [-0.2, -0.15) is 0 Å². The second kappa shape index (κ2) is 6.31. The minimum atomic E-state index is -0.385. The van der Waals surface area contributed by atoms with E-state index in [0.29, 0.717) is 12.3 Å². The van der Waals surface area contributed by atoms with Gasteiger partial charge in [0.2, 0.25) is 0 Å². The van der Waals surface area contributed by atoms with Crippen molar-refractivity contribution in [3.8, 4) is 11.8 Å². The van der Waals surface area contributed by atoms with E-state index in [1.807, 2.05) is 12.1 Å². The van der Waals surface area contributed by atoms with Crippen LogP contribution < -0.4 is 5.73 Å². The molecule has 0 spiro atoms. The first-order chi connectivity index (χ1) is 7.72. The lowest BCUT2D eigenvalue weighted by Crippen LogP contribution is -1.98. The van der Waals surface area contributed by atoms with Gasteiger partial charge in [0.05, 0.1) is 6.61 Å². The van der Waals surface area contributed by atoms with E-state index in [1.165, 1.54) is 12.2 Å². The van der Waals surface area contributed by atoms with Gasteiger partial charge in [-0.15, -0.1) is 0 Å². The summed E-state index contributed by atoms with van der Waals surface area (Å²) in [4.78, 5) is 10.9. The van der Waals surface area contributed by atoms with Crippen LogP contribution in [0.1, 0.15) is 12.5 Å². The third-order valence-corrected chi connectivity index (χ3v) is 1.69. The van der Waals surface area contributed by atoms with E-state index < -0.39 is 0 Å². The van der Waals surface area contributed by atoms with Crippen LogP contribution in [0.25, 0.3) is 0 Å². The number of carbonyl (C=O) groups excluding carboxylic acids is 1. The molecule has 0 aliphatic heterocycles. The molecule has 0 atom stereocenters. The van der Waals surface area contributed by atoms with Crippen molar-refractivity contribution in [3.05, 3.63) is 42.0 Å². The molecule has 0 saturated heterocycles. The second-order valence-corrected chi connectivity index (χ2v) is 2.98. The highest BCUT2D eigenvalue weighted by Gasteiger charge is 1.90. The molecule has 2 N–H and O–H groups in total. The highest BCUT2D eigenvalue weighted by Crippen LogP contribution is 2.04. The predicted octanol–water partition coefficient (Wildman–Crippen LogP) is 1.74. The molecule has 0 aliphatic carbocycles. The zero-order valence-corrected chi connectivity index (χ0v) is 9.07. The summed E-state index contributed by atoms with van der Waals surface area (Å²) in [5.74, 6) is 5.20. The van der Waals surface area contributed by atoms with Gasteiger partial charge in [0.25, 0.3) is 0 Å². The normalized spacial score (nSPS) is 9.56. The quantitative estimate of drug-likeness (QED) is 0.354. The Morgan fingerprint density at radius 1 is 1.56 bits per heavy atom. The van der Waals surface area contributed by atoms with Gasteiger partial charge in [-0.3, -0.25) is 0 Å². The van der Waals surface area contributed by atoms with Gasteiger partial charge in [-0.1, -0.05) is 17.9 Å². The molecule has 0 amide bonds. The zero-order valence-electron chi connectivity index (χ0n) is 9.07. The molecule has 0 heterocycles. The number of ether oxygens (including phenoxy) is 1. The maximum absolute atomic E-state index is 10.9. The standard InChI is InChI=1S/C13H13NO2/c1-2-16-13(15)9-4-3-6-11-7-5-8-12(14)10-11/h4-5,7-10H,2,14H2,1H3/b9-4+. The van der Waals surface area contributed by atoms with Gasteiger partial charge in [0.15, 0.2) is 0 Å². The van der Waals surface area contributed by atoms with Crippen LogP contribution in [0.15, 0.2) is 36.4 Å². The summed E-state index contributed by atoms with van der Waals surface area (Å²) in [6.07, 6.45) is 2.75. The summed E-state index contributed by atoms with van der Waals surface area (Å²) in [6.45, 7) is 2.12. The molecule has 1 rings (SSSR count). The molecular weight excluding hydrogens is 202 g/mol. The first kappa shape index (κ1) is 11.9. The Bertz CT molecular complexity index is 452. The van der Waals surface area contributed by atoms with Gasteiger partial charge in [-0.05, 0) is 31.2 Å². The molecule has 1 aromatic carbocycles. The molecule has 1 aromatic rings. The van der Waals surface area contributed by atoms with Crippen molar-refractivity contribution in [2.45, 2.75) is 6.92 Å². The van der Waals surface area contributed by atoms with Gasteiger partial charge >= 0.3 is 5.97 Å². The third-order valence-electron chi connectivity index (χ3n) is 1.69. The minimum absolute atomic E-state index is 0.367. The van der Waals surface area contributed by atoms with Crippen molar-refractivity contribution < 1.29 is 9.53 Å². The fourth-order valence-electron chi connectivity index (χ4n) is 1.04. The fourth-order valence-corrected chi connectivity index (χ4v) is 1.04. The summed E-state index contributed by atoms with van der Waals surface area (Å²) in [5.41, 5.74) is 7.07. The molecule has 16 heavy (non-hydrogen) atoms. The topological polar surface area (TPSA) is 52.3 Å². The molecule has 0 bridgehead atoms. The number of esters is 1. The number of nitrogens with two attached hydrogens (primary N) is 1. The minimum Gasteiger partial charge on any atom is -0.463 e.